The summed E-state index contributed by atoms with van der Waals surface area (Å²) in [6.07, 6.45) is 3.16. The van der Waals surface area contributed by atoms with Gasteiger partial charge in [-0.25, -0.2) is 4.98 Å². The molecule has 8 heteroatoms. The molecule has 1 N–H and O–H groups in total. The molecule has 2 bridgehead atoms. The lowest BCUT2D eigenvalue weighted by Crippen LogP contribution is -2.55. The summed E-state index contributed by atoms with van der Waals surface area (Å²) in [5, 5.41) is 14.4. The van der Waals surface area contributed by atoms with Crippen LogP contribution in [0.5, 0.6) is 0 Å². The van der Waals surface area contributed by atoms with Crippen LogP contribution in [0.2, 0.25) is 0 Å². The molecule has 166 valence electrons. The van der Waals surface area contributed by atoms with Crippen LogP contribution in [0.3, 0.4) is 0 Å². The highest BCUT2D eigenvalue weighted by Gasteiger charge is 2.60. The molecule has 6 nitrogen and oxygen atoms in total. The lowest BCUT2D eigenvalue weighted by molar-refractivity contribution is -0.129. The van der Waals surface area contributed by atoms with E-state index in [0.29, 0.717) is 11.6 Å². The first-order valence-corrected chi connectivity index (χ1v) is 12.6. The molecule has 0 fully saturated rings. The minimum atomic E-state index is -0.657. The Balaban J connectivity index is 1.30. The predicted octanol–water partition coefficient (Wildman–Crippen LogP) is 5.35. The highest BCUT2D eigenvalue weighted by molar-refractivity contribution is 9.10. The lowest BCUT2D eigenvalue weighted by atomic mass is 9.55. The van der Waals surface area contributed by atoms with Crippen molar-refractivity contribution >= 4 is 38.3 Å². The largest absolute Gasteiger partial charge is 0.308 e. The Bertz CT molecular complexity index is 1380. The van der Waals surface area contributed by atoms with Crippen molar-refractivity contribution in [3.8, 4) is 0 Å². The van der Waals surface area contributed by atoms with Crippen LogP contribution in [-0.4, -0.2) is 25.7 Å². The number of halogens is 1. The van der Waals surface area contributed by atoms with E-state index in [2.05, 4.69) is 80.2 Å². The zero-order valence-corrected chi connectivity index (χ0v) is 20.7. The molecule has 0 saturated heterocycles. The highest BCUT2D eigenvalue weighted by Crippen LogP contribution is 2.60. The number of amides is 1. The molecule has 2 aromatic carbocycles. The van der Waals surface area contributed by atoms with Crippen molar-refractivity contribution in [3.63, 3.8) is 0 Å². The van der Waals surface area contributed by atoms with Crippen molar-refractivity contribution in [3.05, 3.63) is 92.9 Å². The Morgan fingerprint density at radius 1 is 1.21 bits per heavy atom. The minimum Gasteiger partial charge on any atom is -0.308 e. The molecule has 0 spiro atoms. The number of benzene rings is 2. The van der Waals surface area contributed by atoms with E-state index in [0.717, 1.165) is 22.4 Å². The Morgan fingerprint density at radius 2 is 2.00 bits per heavy atom. The Morgan fingerprint density at radius 3 is 2.82 bits per heavy atom. The second-order valence-electron chi connectivity index (χ2n) is 9.38. The molecule has 2 aliphatic heterocycles. The number of nitrogens with one attached hydrogen (secondary N) is 1. The summed E-state index contributed by atoms with van der Waals surface area (Å²) in [7, 11) is 0. The Hall–Kier alpha value is -2.84. The van der Waals surface area contributed by atoms with Gasteiger partial charge in [-0.3, -0.25) is 4.79 Å². The molecule has 0 saturated carbocycles. The average Bonchev–Trinajstić information content (AvgIpc) is 3.46. The molecule has 1 amide bonds. The average molecular weight is 520 g/mol. The van der Waals surface area contributed by atoms with Crippen LogP contribution in [-0.2, 0) is 16.6 Å². The molecule has 3 unspecified atom stereocenters. The Labute approximate surface area is 204 Å². The first-order valence-electron chi connectivity index (χ1n) is 10.9. The molecule has 2 aromatic heterocycles. The van der Waals surface area contributed by atoms with Gasteiger partial charge in [0.2, 0.25) is 5.91 Å². The number of hydrogen-bond acceptors (Lipinski definition) is 5. The van der Waals surface area contributed by atoms with Crippen molar-refractivity contribution in [1.29, 1.82) is 0 Å². The summed E-state index contributed by atoms with van der Waals surface area (Å²) in [5.74, 6) is 0.916. The van der Waals surface area contributed by atoms with Crippen molar-refractivity contribution in [2.75, 3.05) is 5.32 Å². The number of hydrogen-bond donors (Lipinski definition) is 1. The topological polar surface area (TPSA) is 72.7 Å². The predicted molar refractivity (Wildman–Crippen MR) is 131 cm³/mol. The van der Waals surface area contributed by atoms with Crippen LogP contribution in [0.4, 0.5) is 5.13 Å². The molecule has 0 radical (unpaired) electrons. The van der Waals surface area contributed by atoms with Gasteiger partial charge in [-0.05, 0) is 49.1 Å². The zero-order valence-electron chi connectivity index (χ0n) is 18.2. The highest BCUT2D eigenvalue weighted by atomic mass is 79.9. The molecule has 7 rings (SSSR count). The van der Waals surface area contributed by atoms with Gasteiger partial charge in [-0.1, -0.05) is 52.3 Å². The van der Waals surface area contributed by atoms with E-state index in [1.165, 1.54) is 28.0 Å². The fraction of sp³-hybridized carbons (Fsp3) is 0.280. The summed E-state index contributed by atoms with van der Waals surface area (Å²) in [5.41, 5.74) is 3.52. The van der Waals surface area contributed by atoms with Crippen LogP contribution < -0.4 is 5.32 Å². The molecule has 4 heterocycles. The van der Waals surface area contributed by atoms with Gasteiger partial charge in [0.25, 0.3) is 0 Å². The van der Waals surface area contributed by atoms with E-state index in [4.69, 9.17) is 4.98 Å². The van der Waals surface area contributed by atoms with Crippen LogP contribution in [0.15, 0.2) is 64.7 Å². The SMILES string of the molecule is CC12CC(C)(C(=O)Nc3nc(Cc4ccc(Br)cc4)cs3)C(c3ccccc31)n1cnnc12. The van der Waals surface area contributed by atoms with E-state index in [9.17, 15) is 4.79 Å². The number of rotatable bonds is 4. The molecule has 3 aliphatic rings. The van der Waals surface area contributed by atoms with Gasteiger partial charge in [0, 0.05) is 16.3 Å². The fourth-order valence-electron chi connectivity index (χ4n) is 5.69. The summed E-state index contributed by atoms with van der Waals surface area (Å²) in [4.78, 5) is 18.5. The first-order chi connectivity index (χ1) is 15.9. The van der Waals surface area contributed by atoms with Crippen molar-refractivity contribution in [2.45, 2.75) is 38.1 Å². The van der Waals surface area contributed by atoms with E-state index >= 15 is 0 Å². The zero-order chi connectivity index (χ0) is 22.8. The van der Waals surface area contributed by atoms with Crippen molar-refractivity contribution in [2.24, 2.45) is 5.41 Å². The minimum absolute atomic E-state index is 0.0166. The monoisotopic (exact) mass is 519 g/mol. The van der Waals surface area contributed by atoms with Gasteiger partial charge >= 0.3 is 0 Å². The summed E-state index contributed by atoms with van der Waals surface area (Å²) >= 11 is 4.94. The quantitative estimate of drug-likeness (QED) is 0.394. The maximum absolute atomic E-state index is 13.8. The van der Waals surface area contributed by atoms with Crippen LogP contribution in [0, 0.1) is 5.41 Å². The smallest absolute Gasteiger partial charge is 0.234 e. The second kappa shape index (κ2) is 7.33. The van der Waals surface area contributed by atoms with Crippen LogP contribution >= 0.6 is 27.3 Å². The maximum Gasteiger partial charge on any atom is 0.234 e. The molecule has 1 aliphatic carbocycles. The summed E-state index contributed by atoms with van der Waals surface area (Å²) in [6, 6.07) is 16.5. The molecular weight excluding hydrogens is 498 g/mol. The molecule has 4 aromatic rings. The number of thiazole rings is 1. The standard InChI is InChI=1S/C25H22BrN5OS/c1-24-13-25(2,20(31-14-27-30-21(24)31)18-5-3-4-6-19(18)24)22(32)29-23-28-17(12-33-23)11-15-7-9-16(26)10-8-15/h3-10,12,14,20H,11,13H2,1-2H3,(H,28,29,32). The fourth-order valence-corrected chi connectivity index (χ4v) is 6.66. The third-order valence-electron chi connectivity index (χ3n) is 7.11. The van der Waals surface area contributed by atoms with E-state index < -0.39 is 5.41 Å². The number of aromatic nitrogens is 4. The number of carbonyl (C=O) groups excluding carboxylic acids is 1. The Kier molecular flexibility index (Phi) is 4.61. The maximum atomic E-state index is 13.8. The third kappa shape index (κ3) is 3.11. The second-order valence-corrected chi connectivity index (χ2v) is 11.2. The van der Waals surface area contributed by atoms with Crippen molar-refractivity contribution in [1.82, 2.24) is 19.7 Å². The first kappa shape index (κ1) is 20.7. The number of nitrogens with zero attached hydrogens (tertiary/aromatic N) is 4. The van der Waals surface area contributed by atoms with Crippen LogP contribution in [0.25, 0.3) is 0 Å². The number of fused-ring (bicyclic) bond motifs is 1. The number of carbonyl (C=O) groups is 1. The van der Waals surface area contributed by atoms with Gasteiger partial charge < -0.3 is 9.88 Å². The van der Waals surface area contributed by atoms with E-state index in [-0.39, 0.29) is 17.4 Å². The van der Waals surface area contributed by atoms with Gasteiger partial charge in [-0.2, -0.15) is 0 Å². The number of anilines is 1. The van der Waals surface area contributed by atoms with E-state index in [1.54, 1.807) is 6.33 Å². The van der Waals surface area contributed by atoms with Gasteiger partial charge in [0.15, 0.2) is 5.13 Å². The van der Waals surface area contributed by atoms with Crippen molar-refractivity contribution < 1.29 is 4.79 Å². The third-order valence-corrected chi connectivity index (χ3v) is 8.44. The van der Waals surface area contributed by atoms with Crippen LogP contribution in [0.1, 0.15) is 54.5 Å². The van der Waals surface area contributed by atoms with Gasteiger partial charge in [0.1, 0.15) is 12.2 Å². The van der Waals surface area contributed by atoms with E-state index in [1.807, 2.05) is 23.6 Å². The summed E-state index contributed by atoms with van der Waals surface area (Å²) < 4.78 is 3.14. The van der Waals surface area contributed by atoms with Gasteiger partial charge in [-0.15, -0.1) is 21.5 Å². The lowest BCUT2D eigenvalue weighted by Gasteiger charge is -2.54. The normalized spacial score (nSPS) is 24.9. The molecule has 33 heavy (non-hydrogen) atoms. The van der Waals surface area contributed by atoms with Gasteiger partial charge in [0.05, 0.1) is 22.6 Å². The molecular formula is C25H22BrN5OS. The molecule has 3 atom stereocenters. The summed E-state index contributed by atoms with van der Waals surface area (Å²) in [6.45, 7) is 4.23.